The highest BCUT2D eigenvalue weighted by Gasteiger charge is 2.16. The van der Waals surface area contributed by atoms with Crippen LogP contribution >= 0.6 is 11.6 Å². The predicted molar refractivity (Wildman–Crippen MR) is 85.9 cm³/mol. The van der Waals surface area contributed by atoms with Crippen molar-refractivity contribution in [3.63, 3.8) is 0 Å². The van der Waals surface area contributed by atoms with Gasteiger partial charge in [-0.15, -0.1) is 0 Å². The van der Waals surface area contributed by atoms with Gasteiger partial charge in [0.05, 0.1) is 0 Å². The van der Waals surface area contributed by atoms with Gasteiger partial charge in [0.15, 0.2) is 0 Å². The van der Waals surface area contributed by atoms with E-state index in [1.165, 1.54) is 31.2 Å². The molecule has 0 aliphatic heterocycles. The van der Waals surface area contributed by atoms with Crippen molar-refractivity contribution in [2.75, 3.05) is 6.54 Å². The predicted octanol–water partition coefficient (Wildman–Crippen LogP) is 5.52. The second kappa shape index (κ2) is 8.60. The summed E-state index contributed by atoms with van der Waals surface area (Å²) < 4.78 is 0. The van der Waals surface area contributed by atoms with Crippen LogP contribution in [-0.2, 0) is 0 Å². The first-order valence-electron chi connectivity index (χ1n) is 7.61. The van der Waals surface area contributed by atoms with Gasteiger partial charge in [-0.1, -0.05) is 57.3 Å². The van der Waals surface area contributed by atoms with Crippen molar-refractivity contribution in [3.05, 3.63) is 34.3 Å². The second-order valence-corrected chi connectivity index (χ2v) is 5.84. The SMILES string of the molecule is CCCNC(CC(CC)CC)c1ccc(C)c(Cl)c1. The van der Waals surface area contributed by atoms with E-state index in [4.69, 9.17) is 11.6 Å². The summed E-state index contributed by atoms with van der Waals surface area (Å²) in [5.74, 6) is 0.787. The molecule has 0 fully saturated rings. The number of hydrogen-bond acceptors (Lipinski definition) is 1. The van der Waals surface area contributed by atoms with Crippen molar-refractivity contribution < 1.29 is 0 Å². The third-order valence-electron chi connectivity index (χ3n) is 3.96. The molecule has 1 rings (SSSR count). The number of benzene rings is 1. The molecular weight excluding hydrogens is 254 g/mol. The molecule has 1 aromatic rings. The molecule has 0 saturated heterocycles. The van der Waals surface area contributed by atoms with Gasteiger partial charge in [-0.3, -0.25) is 0 Å². The summed E-state index contributed by atoms with van der Waals surface area (Å²) in [6.45, 7) is 9.90. The van der Waals surface area contributed by atoms with Gasteiger partial charge in [-0.25, -0.2) is 0 Å². The molecule has 1 atom stereocenters. The summed E-state index contributed by atoms with van der Waals surface area (Å²) >= 11 is 6.27. The Morgan fingerprint density at radius 3 is 2.37 bits per heavy atom. The van der Waals surface area contributed by atoms with Crippen LogP contribution in [0.4, 0.5) is 0 Å². The minimum Gasteiger partial charge on any atom is -0.310 e. The van der Waals surface area contributed by atoms with Crippen LogP contribution in [0.5, 0.6) is 0 Å². The summed E-state index contributed by atoms with van der Waals surface area (Å²) in [6, 6.07) is 6.91. The standard InChI is InChI=1S/C17H28ClN/c1-5-10-19-17(11-14(6-2)7-3)15-9-8-13(4)16(18)12-15/h8-9,12,14,17,19H,5-7,10-11H2,1-4H3. The van der Waals surface area contributed by atoms with E-state index in [-0.39, 0.29) is 0 Å². The van der Waals surface area contributed by atoms with Gasteiger partial charge in [-0.05, 0) is 49.4 Å². The van der Waals surface area contributed by atoms with Crippen LogP contribution in [0.25, 0.3) is 0 Å². The van der Waals surface area contributed by atoms with Gasteiger partial charge in [0.1, 0.15) is 0 Å². The molecule has 1 nitrogen and oxygen atoms in total. The summed E-state index contributed by atoms with van der Waals surface area (Å²) in [6.07, 6.45) is 4.87. The molecule has 0 aliphatic carbocycles. The first kappa shape index (κ1) is 16.5. The molecule has 0 heterocycles. The third-order valence-corrected chi connectivity index (χ3v) is 4.37. The zero-order chi connectivity index (χ0) is 14.3. The maximum atomic E-state index is 6.27. The molecule has 2 heteroatoms. The molecule has 19 heavy (non-hydrogen) atoms. The molecule has 0 spiro atoms. The second-order valence-electron chi connectivity index (χ2n) is 5.43. The molecule has 0 amide bonds. The van der Waals surface area contributed by atoms with Crippen LogP contribution in [0.15, 0.2) is 18.2 Å². The normalized spacial score (nSPS) is 12.9. The Hall–Kier alpha value is -0.530. The zero-order valence-corrected chi connectivity index (χ0v) is 13.6. The number of rotatable bonds is 8. The molecule has 0 radical (unpaired) electrons. The average molecular weight is 282 g/mol. The van der Waals surface area contributed by atoms with Gasteiger partial charge >= 0.3 is 0 Å². The first-order chi connectivity index (χ1) is 9.12. The lowest BCUT2D eigenvalue weighted by Gasteiger charge is -2.24. The van der Waals surface area contributed by atoms with E-state index in [2.05, 4.69) is 51.2 Å². The van der Waals surface area contributed by atoms with Crippen LogP contribution < -0.4 is 5.32 Å². The van der Waals surface area contributed by atoms with E-state index in [9.17, 15) is 0 Å². The lowest BCUT2D eigenvalue weighted by Crippen LogP contribution is -2.24. The van der Waals surface area contributed by atoms with Crippen LogP contribution in [0.3, 0.4) is 0 Å². The molecule has 1 aromatic carbocycles. The number of halogens is 1. The summed E-state index contributed by atoms with van der Waals surface area (Å²) in [4.78, 5) is 0. The van der Waals surface area contributed by atoms with E-state index in [1.54, 1.807) is 0 Å². The summed E-state index contributed by atoms with van der Waals surface area (Å²) in [5.41, 5.74) is 2.48. The van der Waals surface area contributed by atoms with E-state index >= 15 is 0 Å². The minimum atomic E-state index is 0.433. The van der Waals surface area contributed by atoms with E-state index in [0.29, 0.717) is 6.04 Å². The first-order valence-corrected chi connectivity index (χ1v) is 7.99. The van der Waals surface area contributed by atoms with Crippen molar-refractivity contribution in [3.8, 4) is 0 Å². The van der Waals surface area contributed by atoms with Gasteiger partial charge < -0.3 is 5.32 Å². The maximum absolute atomic E-state index is 6.27. The molecule has 0 saturated carbocycles. The molecular formula is C17H28ClN. The van der Waals surface area contributed by atoms with Crippen molar-refractivity contribution in [1.29, 1.82) is 0 Å². The number of hydrogen-bond donors (Lipinski definition) is 1. The highest BCUT2D eigenvalue weighted by molar-refractivity contribution is 6.31. The van der Waals surface area contributed by atoms with Crippen LogP contribution in [0.2, 0.25) is 5.02 Å². The van der Waals surface area contributed by atoms with Crippen molar-refractivity contribution in [2.24, 2.45) is 5.92 Å². The Morgan fingerprint density at radius 2 is 1.84 bits per heavy atom. The van der Waals surface area contributed by atoms with Crippen molar-refractivity contribution >= 4 is 11.6 Å². The van der Waals surface area contributed by atoms with E-state index in [0.717, 1.165) is 23.0 Å². The Morgan fingerprint density at radius 1 is 1.16 bits per heavy atom. The van der Waals surface area contributed by atoms with Crippen LogP contribution in [-0.4, -0.2) is 6.54 Å². The lowest BCUT2D eigenvalue weighted by molar-refractivity contribution is 0.371. The molecule has 108 valence electrons. The fourth-order valence-corrected chi connectivity index (χ4v) is 2.63. The number of nitrogens with one attached hydrogen (secondary N) is 1. The zero-order valence-electron chi connectivity index (χ0n) is 12.8. The Kier molecular flexibility index (Phi) is 7.48. The molecule has 0 aliphatic rings. The van der Waals surface area contributed by atoms with E-state index < -0.39 is 0 Å². The van der Waals surface area contributed by atoms with Gasteiger partial charge in [0.2, 0.25) is 0 Å². The quantitative estimate of drug-likeness (QED) is 0.662. The largest absolute Gasteiger partial charge is 0.310 e. The Balaban J connectivity index is 2.85. The molecule has 1 N–H and O–H groups in total. The van der Waals surface area contributed by atoms with Gasteiger partial charge in [-0.2, -0.15) is 0 Å². The fraction of sp³-hybridized carbons (Fsp3) is 0.647. The highest BCUT2D eigenvalue weighted by Crippen LogP contribution is 2.28. The number of aryl methyl sites for hydroxylation is 1. The van der Waals surface area contributed by atoms with Gasteiger partial charge in [0, 0.05) is 11.1 Å². The lowest BCUT2D eigenvalue weighted by atomic mass is 9.90. The maximum Gasteiger partial charge on any atom is 0.0438 e. The molecule has 0 bridgehead atoms. The Labute approximate surface area is 123 Å². The van der Waals surface area contributed by atoms with Crippen LogP contribution in [0.1, 0.15) is 63.6 Å². The van der Waals surface area contributed by atoms with Gasteiger partial charge in [0.25, 0.3) is 0 Å². The Bertz CT molecular complexity index is 372. The van der Waals surface area contributed by atoms with Crippen LogP contribution in [0, 0.1) is 12.8 Å². The topological polar surface area (TPSA) is 12.0 Å². The third kappa shape index (κ3) is 5.16. The monoisotopic (exact) mass is 281 g/mol. The highest BCUT2D eigenvalue weighted by atomic mass is 35.5. The molecule has 1 unspecified atom stereocenters. The smallest absolute Gasteiger partial charge is 0.0438 e. The summed E-state index contributed by atoms with van der Waals surface area (Å²) in [5, 5.41) is 4.55. The average Bonchev–Trinajstić information content (AvgIpc) is 2.42. The van der Waals surface area contributed by atoms with E-state index in [1.807, 2.05) is 0 Å². The fourth-order valence-electron chi connectivity index (χ4n) is 2.44. The van der Waals surface area contributed by atoms with Crippen molar-refractivity contribution in [2.45, 2.75) is 59.4 Å². The minimum absolute atomic E-state index is 0.433. The van der Waals surface area contributed by atoms with Crippen molar-refractivity contribution in [1.82, 2.24) is 5.32 Å². The summed E-state index contributed by atoms with van der Waals surface area (Å²) in [7, 11) is 0. The molecule has 0 aromatic heterocycles.